The zero-order valence-corrected chi connectivity index (χ0v) is 15.0. The lowest BCUT2D eigenvalue weighted by molar-refractivity contribution is -0.126. The van der Waals surface area contributed by atoms with Gasteiger partial charge in [-0.25, -0.2) is 9.82 Å². The Labute approximate surface area is 156 Å². The Kier molecular flexibility index (Phi) is 7.30. The molecule has 2 aromatic rings. The van der Waals surface area contributed by atoms with Crippen molar-refractivity contribution in [3.63, 3.8) is 0 Å². The third kappa shape index (κ3) is 6.10. The molecule has 0 fully saturated rings. The largest absolute Gasteiger partial charge is 0.493 e. The quantitative estimate of drug-likeness (QED) is 0.423. The standard InChI is InChI=1S/C19H20FN3O4/c1-3-27-17-10-13(8-9-16(17)26-2)12-21-23-19(25)11-18(24)22-15-7-5-4-6-14(15)20/h4-10,12H,3,11H2,1-2H3,(H,22,24)(H,23,25). The van der Waals surface area contributed by atoms with E-state index in [1.54, 1.807) is 24.3 Å². The van der Waals surface area contributed by atoms with Gasteiger partial charge in [0.2, 0.25) is 11.8 Å². The SMILES string of the molecule is CCOc1cc(C=NNC(=O)CC(=O)Nc2ccccc2F)ccc1OC. The molecule has 0 aromatic heterocycles. The number of hydrogen-bond donors (Lipinski definition) is 2. The molecular formula is C19H20FN3O4. The number of nitrogens with zero attached hydrogens (tertiary/aromatic N) is 1. The maximum Gasteiger partial charge on any atom is 0.249 e. The number of rotatable bonds is 8. The number of ether oxygens (including phenoxy) is 2. The van der Waals surface area contributed by atoms with Crippen LogP contribution in [0.3, 0.4) is 0 Å². The van der Waals surface area contributed by atoms with Gasteiger partial charge in [0.15, 0.2) is 11.5 Å². The molecular weight excluding hydrogens is 353 g/mol. The van der Waals surface area contributed by atoms with Crippen molar-refractivity contribution in [1.29, 1.82) is 0 Å². The van der Waals surface area contributed by atoms with Crippen LogP contribution in [0.5, 0.6) is 11.5 Å². The van der Waals surface area contributed by atoms with Crippen LogP contribution in [-0.4, -0.2) is 31.7 Å². The van der Waals surface area contributed by atoms with E-state index in [-0.39, 0.29) is 5.69 Å². The third-order valence-corrected chi connectivity index (χ3v) is 3.36. The van der Waals surface area contributed by atoms with Crippen LogP contribution in [0.25, 0.3) is 0 Å². The number of anilines is 1. The molecule has 2 amide bonds. The van der Waals surface area contributed by atoms with E-state index in [0.717, 1.165) is 0 Å². The summed E-state index contributed by atoms with van der Waals surface area (Å²) in [6, 6.07) is 10.9. The van der Waals surface area contributed by atoms with E-state index in [1.807, 2.05) is 6.92 Å². The smallest absolute Gasteiger partial charge is 0.249 e. The van der Waals surface area contributed by atoms with Gasteiger partial charge in [0.25, 0.3) is 0 Å². The van der Waals surface area contributed by atoms with Crippen molar-refractivity contribution in [2.45, 2.75) is 13.3 Å². The predicted octanol–water partition coefficient (Wildman–Crippen LogP) is 2.71. The summed E-state index contributed by atoms with van der Waals surface area (Å²) >= 11 is 0. The Balaban J connectivity index is 1.88. The molecule has 0 radical (unpaired) electrons. The number of hydrogen-bond acceptors (Lipinski definition) is 5. The highest BCUT2D eigenvalue weighted by molar-refractivity contribution is 6.03. The molecule has 2 rings (SSSR count). The summed E-state index contributed by atoms with van der Waals surface area (Å²) in [6.45, 7) is 2.33. The molecule has 0 spiro atoms. The first kappa shape index (κ1) is 19.9. The van der Waals surface area contributed by atoms with Crippen LogP contribution in [-0.2, 0) is 9.59 Å². The lowest BCUT2D eigenvalue weighted by Gasteiger charge is -2.09. The molecule has 0 heterocycles. The second-order valence-corrected chi connectivity index (χ2v) is 5.34. The summed E-state index contributed by atoms with van der Waals surface area (Å²) in [5.41, 5.74) is 2.94. The van der Waals surface area contributed by atoms with Crippen LogP contribution < -0.4 is 20.2 Å². The van der Waals surface area contributed by atoms with Crippen LogP contribution in [0.4, 0.5) is 10.1 Å². The van der Waals surface area contributed by atoms with Crippen molar-refractivity contribution < 1.29 is 23.5 Å². The number of carbonyl (C=O) groups is 2. The molecule has 2 N–H and O–H groups in total. The Morgan fingerprint density at radius 2 is 1.93 bits per heavy atom. The summed E-state index contributed by atoms with van der Waals surface area (Å²) in [7, 11) is 1.54. The van der Waals surface area contributed by atoms with Crippen molar-refractivity contribution in [2.24, 2.45) is 5.10 Å². The van der Waals surface area contributed by atoms with Crippen molar-refractivity contribution in [3.05, 3.63) is 53.8 Å². The fourth-order valence-corrected chi connectivity index (χ4v) is 2.16. The predicted molar refractivity (Wildman–Crippen MR) is 99.5 cm³/mol. The van der Waals surface area contributed by atoms with Gasteiger partial charge in [0.05, 0.1) is 25.6 Å². The van der Waals surface area contributed by atoms with Crippen molar-refractivity contribution in [2.75, 3.05) is 19.0 Å². The monoisotopic (exact) mass is 373 g/mol. The molecule has 0 unspecified atom stereocenters. The van der Waals surface area contributed by atoms with E-state index < -0.39 is 24.1 Å². The minimum Gasteiger partial charge on any atom is -0.493 e. The average Bonchev–Trinajstić information content (AvgIpc) is 2.64. The maximum atomic E-state index is 13.5. The number of hydrazone groups is 1. The Morgan fingerprint density at radius 1 is 1.15 bits per heavy atom. The second-order valence-electron chi connectivity index (χ2n) is 5.34. The Hall–Kier alpha value is -3.42. The van der Waals surface area contributed by atoms with Crippen LogP contribution in [0, 0.1) is 5.82 Å². The maximum absolute atomic E-state index is 13.5. The number of nitrogens with one attached hydrogen (secondary N) is 2. The molecule has 0 saturated heterocycles. The van der Waals surface area contributed by atoms with E-state index >= 15 is 0 Å². The zero-order valence-electron chi connectivity index (χ0n) is 15.0. The fraction of sp³-hybridized carbons (Fsp3) is 0.211. The summed E-state index contributed by atoms with van der Waals surface area (Å²) in [6.07, 6.45) is 0.924. The molecule has 0 saturated carbocycles. The summed E-state index contributed by atoms with van der Waals surface area (Å²) in [5.74, 6) is -0.703. The average molecular weight is 373 g/mol. The van der Waals surface area contributed by atoms with Gasteiger partial charge in [-0.1, -0.05) is 12.1 Å². The van der Waals surface area contributed by atoms with Gasteiger partial charge in [-0.15, -0.1) is 0 Å². The zero-order chi connectivity index (χ0) is 19.6. The Morgan fingerprint density at radius 3 is 2.63 bits per heavy atom. The normalized spacial score (nSPS) is 10.5. The molecule has 0 bridgehead atoms. The molecule has 8 heteroatoms. The van der Waals surface area contributed by atoms with Crippen molar-refractivity contribution in [1.82, 2.24) is 5.43 Å². The van der Waals surface area contributed by atoms with Gasteiger partial charge in [0.1, 0.15) is 12.2 Å². The molecule has 2 aromatic carbocycles. The lowest BCUT2D eigenvalue weighted by atomic mass is 10.2. The molecule has 7 nitrogen and oxygen atoms in total. The number of para-hydroxylation sites is 1. The molecule has 0 aliphatic heterocycles. The van der Waals surface area contributed by atoms with Gasteiger partial charge in [-0.3, -0.25) is 9.59 Å². The highest BCUT2D eigenvalue weighted by atomic mass is 19.1. The summed E-state index contributed by atoms with van der Waals surface area (Å²) in [4.78, 5) is 23.5. The minimum absolute atomic E-state index is 0.0143. The van der Waals surface area contributed by atoms with Crippen LogP contribution in [0.1, 0.15) is 18.9 Å². The van der Waals surface area contributed by atoms with E-state index in [9.17, 15) is 14.0 Å². The van der Waals surface area contributed by atoms with Crippen LogP contribution >= 0.6 is 0 Å². The highest BCUT2D eigenvalue weighted by Crippen LogP contribution is 2.27. The second kappa shape index (κ2) is 9.91. The lowest BCUT2D eigenvalue weighted by Crippen LogP contribution is -2.24. The molecule has 0 atom stereocenters. The van der Waals surface area contributed by atoms with E-state index in [1.165, 1.54) is 31.5 Å². The molecule has 0 aliphatic rings. The van der Waals surface area contributed by atoms with Gasteiger partial charge < -0.3 is 14.8 Å². The van der Waals surface area contributed by atoms with E-state index in [0.29, 0.717) is 23.7 Å². The van der Waals surface area contributed by atoms with Crippen molar-refractivity contribution >= 4 is 23.7 Å². The van der Waals surface area contributed by atoms with Gasteiger partial charge in [0, 0.05) is 0 Å². The van der Waals surface area contributed by atoms with Gasteiger partial charge in [-0.2, -0.15) is 5.10 Å². The number of benzene rings is 2. The molecule has 0 aliphatic carbocycles. The first-order valence-electron chi connectivity index (χ1n) is 8.20. The number of carbonyl (C=O) groups excluding carboxylic acids is 2. The summed E-state index contributed by atoms with van der Waals surface area (Å²) in [5, 5.41) is 6.13. The Bertz CT molecular complexity index is 839. The van der Waals surface area contributed by atoms with Crippen molar-refractivity contribution in [3.8, 4) is 11.5 Å². The number of halogens is 1. The highest BCUT2D eigenvalue weighted by Gasteiger charge is 2.11. The van der Waals surface area contributed by atoms with Crippen LogP contribution in [0.15, 0.2) is 47.6 Å². The molecule has 142 valence electrons. The van der Waals surface area contributed by atoms with Gasteiger partial charge in [-0.05, 0) is 42.8 Å². The fourth-order valence-electron chi connectivity index (χ4n) is 2.16. The summed E-state index contributed by atoms with van der Waals surface area (Å²) < 4.78 is 24.1. The number of amides is 2. The minimum atomic E-state index is -0.643. The van der Waals surface area contributed by atoms with Gasteiger partial charge >= 0.3 is 0 Å². The van der Waals surface area contributed by atoms with E-state index in [2.05, 4.69) is 15.8 Å². The molecule has 27 heavy (non-hydrogen) atoms. The topological polar surface area (TPSA) is 89.0 Å². The number of methoxy groups -OCH3 is 1. The van der Waals surface area contributed by atoms with Crippen LogP contribution in [0.2, 0.25) is 0 Å². The first-order valence-corrected chi connectivity index (χ1v) is 8.20. The first-order chi connectivity index (χ1) is 13.0. The van der Waals surface area contributed by atoms with E-state index in [4.69, 9.17) is 9.47 Å². The third-order valence-electron chi connectivity index (χ3n) is 3.36.